The number of ether oxygens (including phenoxy) is 2. The first-order chi connectivity index (χ1) is 17.1. The minimum absolute atomic E-state index is 0.0854. The van der Waals surface area contributed by atoms with Crippen molar-refractivity contribution < 1.29 is 14.3 Å². The third-order valence-corrected chi connectivity index (χ3v) is 6.44. The summed E-state index contributed by atoms with van der Waals surface area (Å²) in [6, 6.07) is 5.55. The smallest absolute Gasteiger partial charge is 0.230 e. The maximum Gasteiger partial charge on any atom is 0.230 e. The molecule has 5 rings (SSSR count). The highest BCUT2D eigenvalue weighted by Gasteiger charge is 2.28. The number of carbonyl (C=O) groups excluding carboxylic acids is 1. The van der Waals surface area contributed by atoms with Crippen molar-refractivity contribution in [3.8, 4) is 11.5 Å². The zero-order chi connectivity index (χ0) is 24.2. The second kappa shape index (κ2) is 10.1. The maximum atomic E-state index is 12.8. The summed E-state index contributed by atoms with van der Waals surface area (Å²) in [5.74, 6) is 2.53. The van der Waals surface area contributed by atoms with Crippen molar-refractivity contribution in [3.63, 3.8) is 0 Å². The lowest BCUT2D eigenvalue weighted by molar-refractivity contribution is -0.120. The van der Waals surface area contributed by atoms with Gasteiger partial charge in [-0.3, -0.25) is 9.78 Å². The Hall–Kier alpha value is -4.06. The maximum absolute atomic E-state index is 12.8. The highest BCUT2D eigenvalue weighted by atomic mass is 32.1. The number of anilines is 4. The molecular weight excluding hydrogens is 468 g/mol. The number of nitrogens with zero attached hydrogens (tertiary/aromatic N) is 6. The van der Waals surface area contributed by atoms with E-state index < -0.39 is 0 Å². The van der Waals surface area contributed by atoms with Crippen molar-refractivity contribution in [2.24, 2.45) is 5.92 Å². The predicted octanol–water partition coefficient (Wildman–Crippen LogP) is 3.49. The third-order valence-electron chi connectivity index (χ3n) is 5.72. The van der Waals surface area contributed by atoms with Gasteiger partial charge < -0.3 is 25.0 Å². The number of hydrogen-bond donors (Lipinski definition) is 2. The van der Waals surface area contributed by atoms with Gasteiger partial charge in [0.15, 0.2) is 28.0 Å². The van der Waals surface area contributed by atoms with Crippen LogP contribution in [0.15, 0.2) is 42.3 Å². The van der Waals surface area contributed by atoms with Gasteiger partial charge in [0.25, 0.3) is 0 Å². The fraction of sp³-hybridized carbons (Fsp3) is 0.304. The molecule has 1 unspecified atom stereocenters. The quantitative estimate of drug-likeness (QED) is 0.396. The molecule has 1 aliphatic rings. The zero-order valence-corrected chi connectivity index (χ0v) is 20.1. The molecule has 0 spiro atoms. The Morgan fingerprint density at radius 3 is 2.83 bits per heavy atom. The molecule has 0 radical (unpaired) electrons. The molecule has 4 heterocycles. The van der Waals surface area contributed by atoms with Crippen LogP contribution in [0.5, 0.6) is 11.5 Å². The van der Waals surface area contributed by atoms with Crippen molar-refractivity contribution in [3.05, 3.63) is 42.3 Å². The largest absolute Gasteiger partial charge is 0.493 e. The molecule has 4 aromatic rings. The van der Waals surface area contributed by atoms with Gasteiger partial charge in [-0.1, -0.05) is 0 Å². The summed E-state index contributed by atoms with van der Waals surface area (Å²) in [7, 11) is 3.19. The highest BCUT2D eigenvalue weighted by molar-refractivity contribution is 7.16. The summed E-state index contributed by atoms with van der Waals surface area (Å²) in [4.78, 5) is 37.8. The van der Waals surface area contributed by atoms with Crippen LogP contribution in [0.4, 0.5) is 23.3 Å². The molecule has 1 aromatic carbocycles. The SMILES string of the molecule is COc1ccc(Nc2nc(N3CCCC(C(=O)Nc4cnccn4)C3)nc3scnc23)cc1OC. The van der Waals surface area contributed by atoms with Crippen LogP contribution in [0.1, 0.15) is 12.8 Å². The van der Waals surface area contributed by atoms with Crippen LogP contribution >= 0.6 is 11.3 Å². The molecule has 11 nitrogen and oxygen atoms in total. The van der Waals surface area contributed by atoms with E-state index in [0.717, 1.165) is 29.9 Å². The van der Waals surface area contributed by atoms with Gasteiger partial charge >= 0.3 is 0 Å². The van der Waals surface area contributed by atoms with Crippen LogP contribution in [-0.4, -0.2) is 58.1 Å². The predicted molar refractivity (Wildman–Crippen MR) is 134 cm³/mol. The Balaban J connectivity index is 1.38. The number of aromatic nitrogens is 5. The number of hydrogen-bond acceptors (Lipinski definition) is 11. The van der Waals surface area contributed by atoms with Crippen molar-refractivity contribution in [1.29, 1.82) is 0 Å². The number of thiazole rings is 1. The van der Waals surface area contributed by atoms with Crippen LogP contribution in [0.3, 0.4) is 0 Å². The minimum atomic E-state index is -0.214. The standard InChI is InChI=1S/C23H24N8O3S/c1-33-16-6-5-15(10-17(16)34-2)27-20-19-22(35-13-26-19)30-23(29-20)31-9-3-4-14(12-31)21(32)28-18-11-24-7-8-25-18/h5-8,10-11,13-14H,3-4,9,12H2,1-2H3,(H,25,28,32)(H,27,29,30). The summed E-state index contributed by atoms with van der Waals surface area (Å²) in [5.41, 5.74) is 3.21. The molecule has 0 aliphatic carbocycles. The Labute approximate surface area is 205 Å². The van der Waals surface area contributed by atoms with E-state index in [9.17, 15) is 4.79 Å². The molecule has 0 saturated carbocycles. The first kappa shape index (κ1) is 22.7. The number of amides is 1. The van der Waals surface area contributed by atoms with Gasteiger partial charge in [0, 0.05) is 37.2 Å². The van der Waals surface area contributed by atoms with Crippen LogP contribution in [0.25, 0.3) is 10.3 Å². The number of fused-ring (bicyclic) bond motifs is 1. The lowest BCUT2D eigenvalue weighted by Crippen LogP contribution is -2.41. The van der Waals surface area contributed by atoms with E-state index in [-0.39, 0.29) is 11.8 Å². The van der Waals surface area contributed by atoms with Gasteiger partial charge in [-0.05, 0) is 25.0 Å². The van der Waals surface area contributed by atoms with Gasteiger partial charge in [0.1, 0.15) is 5.52 Å². The molecule has 3 aromatic heterocycles. The van der Waals surface area contributed by atoms with Crippen molar-refractivity contribution >= 4 is 50.9 Å². The number of benzene rings is 1. The molecule has 180 valence electrons. The zero-order valence-electron chi connectivity index (χ0n) is 19.3. The topological polar surface area (TPSA) is 127 Å². The Kier molecular flexibility index (Phi) is 6.53. The van der Waals surface area contributed by atoms with Gasteiger partial charge in [-0.25, -0.2) is 9.97 Å². The molecule has 1 saturated heterocycles. The van der Waals surface area contributed by atoms with Crippen LogP contribution in [0.2, 0.25) is 0 Å². The monoisotopic (exact) mass is 492 g/mol. The molecule has 2 N–H and O–H groups in total. The third kappa shape index (κ3) is 4.92. The van der Waals surface area contributed by atoms with Crippen molar-refractivity contribution in [2.45, 2.75) is 12.8 Å². The van der Waals surface area contributed by atoms with E-state index >= 15 is 0 Å². The Morgan fingerprint density at radius 2 is 2.03 bits per heavy atom. The molecular formula is C23H24N8O3S. The number of piperidine rings is 1. The second-order valence-electron chi connectivity index (χ2n) is 7.94. The first-order valence-corrected chi connectivity index (χ1v) is 11.9. The van der Waals surface area contributed by atoms with E-state index in [0.29, 0.717) is 41.1 Å². The molecule has 0 bridgehead atoms. The van der Waals surface area contributed by atoms with E-state index in [1.54, 1.807) is 32.1 Å². The average molecular weight is 493 g/mol. The first-order valence-electron chi connectivity index (χ1n) is 11.1. The van der Waals surface area contributed by atoms with Gasteiger partial charge in [0.05, 0.1) is 31.8 Å². The minimum Gasteiger partial charge on any atom is -0.493 e. The van der Waals surface area contributed by atoms with Gasteiger partial charge in [0.2, 0.25) is 11.9 Å². The number of carbonyl (C=O) groups is 1. The lowest BCUT2D eigenvalue weighted by Gasteiger charge is -2.32. The highest BCUT2D eigenvalue weighted by Crippen LogP contribution is 2.33. The Morgan fingerprint density at radius 1 is 1.14 bits per heavy atom. The Bertz CT molecular complexity index is 1330. The van der Waals surface area contributed by atoms with E-state index in [1.165, 1.54) is 17.5 Å². The lowest BCUT2D eigenvalue weighted by atomic mass is 9.97. The number of rotatable bonds is 7. The van der Waals surface area contributed by atoms with Crippen molar-refractivity contribution in [2.75, 3.05) is 42.8 Å². The van der Waals surface area contributed by atoms with Crippen LogP contribution in [0, 0.1) is 5.92 Å². The van der Waals surface area contributed by atoms with Crippen molar-refractivity contribution in [1.82, 2.24) is 24.9 Å². The van der Waals surface area contributed by atoms with Crippen LogP contribution in [-0.2, 0) is 4.79 Å². The summed E-state index contributed by atoms with van der Waals surface area (Å²) in [6.45, 7) is 1.27. The van der Waals surface area contributed by atoms with Crippen LogP contribution < -0.4 is 25.0 Å². The number of nitrogens with one attached hydrogen (secondary N) is 2. The summed E-state index contributed by atoms with van der Waals surface area (Å²) >= 11 is 1.44. The normalized spacial score (nSPS) is 15.6. The van der Waals surface area contributed by atoms with E-state index in [2.05, 4.69) is 25.6 Å². The fourth-order valence-corrected chi connectivity index (χ4v) is 4.65. The number of methoxy groups -OCH3 is 2. The van der Waals surface area contributed by atoms with Gasteiger partial charge in [-0.15, -0.1) is 11.3 Å². The summed E-state index contributed by atoms with van der Waals surface area (Å²) < 4.78 is 10.7. The van der Waals surface area contributed by atoms with E-state index in [4.69, 9.17) is 19.4 Å². The molecule has 35 heavy (non-hydrogen) atoms. The fourth-order valence-electron chi connectivity index (χ4n) is 3.99. The summed E-state index contributed by atoms with van der Waals surface area (Å²) in [5, 5.41) is 6.19. The molecule has 1 fully saturated rings. The van der Waals surface area contributed by atoms with E-state index in [1.807, 2.05) is 23.1 Å². The van der Waals surface area contributed by atoms with Gasteiger partial charge in [-0.2, -0.15) is 9.97 Å². The summed E-state index contributed by atoms with van der Waals surface area (Å²) in [6.07, 6.45) is 6.28. The second-order valence-corrected chi connectivity index (χ2v) is 8.77. The molecule has 1 atom stereocenters. The molecule has 12 heteroatoms. The molecule has 1 aliphatic heterocycles. The molecule has 1 amide bonds. The average Bonchev–Trinajstić information content (AvgIpc) is 3.38.